The van der Waals surface area contributed by atoms with Crippen molar-refractivity contribution in [2.75, 3.05) is 0 Å². The van der Waals surface area contributed by atoms with Crippen LogP contribution in [0, 0.1) is 19.3 Å². The van der Waals surface area contributed by atoms with Crippen molar-refractivity contribution in [3.8, 4) is 5.69 Å². The lowest BCUT2D eigenvalue weighted by molar-refractivity contribution is -0.114. The van der Waals surface area contributed by atoms with Crippen molar-refractivity contribution in [2.45, 2.75) is 33.6 Å². The maximum absolute atomic E-state index is 12.9. The quantitative estimate of drug-likeness (QED) is 0.502. The maximum atomic E-state index is 12.9. The Balaban J connectivity index is 1.48. The molecule has 1 amide bonds. The topological polar surface area (TPSA) is 73.8 Å². The number of para-hydroxylation sites is 1. The minimum absolute atomic E-state index is 0.0596. The van der Waals surface area contributed by atoms with E-state index in [1.807, 2.05) is 43.3 Å². The van der Waals surface area contributed by atoms with Gasteiger partial charge in [-0.15, -0.1) is 0 Å². The summed E-state index contributed by atoms with van der Waals surface area (Å²) in [7, 11) is 0. The van der Waals surface area contributed by atoms with Crippen LogP contribution in [0.15, 0.2) is 76.3 Å². The van der Waals surface area contributed by atoms with Crippen molar-refractivity contribution in [1.29, 1.82) is 5.41 Å². The van der Waals surface area contributed by atoms with Crippen LogP contribution >= 0.6 is 11.8 Å². The third-order valence-electron chi connectivity index (χ3n) is 6.08. The smallest absolute Gasteiger partial charge is 0.283 e. The highest BCUT2D eigenvalue weighted by atomic mass is 32.2. The number of aromatic nitrogens is 1. The number of carbonyl (C=O) groups is 1. The SMILES string of the molecule is CCc1ccccc1-n1c(C)cc(C=C2C(=N)N3N=C(Cc4ccccc4)SC3=NC2=O)c1C. The summed E-state index contributed by atoms with van der Waals surface area (Å²) in [4.78, 5) is 17.1. The number of nitrogens with zero attached hydrogens (tertiary/aromatic N) is 4. The number of amides is 1. The average molecular weight is 468 g/mol. The molecule has 2 aromatic carbocycles. The predicted molar refractivity (Wildman–Crippen MR) is 140 cm³/mol. The van der Waals surface area contributed by atoms with Crippen molar-refractivity contribution in [1.82, 2.24) is 9.58 Å². The number of nitrogens with one attached hydrogen (secondary N) is 1. The molecule has 0 fully saturated rings. The van der Waals surface area contributed by atoms with E-state index < -0.39 is 5.91 Å². The van der Waals surface area contributed by atoms with E-state index in [4.69, 9.17) is 5.41 Å². The Morgan fingerprint density at radius 2 is 1.79 bits per heavy atom. The molecule has 3 aromatic rings. The number of hydrogen-bond acceptors (Lipinski definition) is 4. The van der Waals surface area contributed by atoms with E-state index in [9.17, 15) is 4.79 Å². The van der Waals surface area contributed by atoms with Crippen LogP contribution in [-0.2, 0) is 17.6 Å². The average Bonchev–Trinajstić information content (AvgIpc) is 3.36. The van der Waals surface area contributed by atoms with Gasteiger partial charge < -0.3 is 4.57 Å². The van der Waals surface area contributed by atoms with Gasteiger partial charge in [0.15, 0.2) is 5.84 Å². The third kappa shape index (κ3) is 3.92. The molecule has 5 rings (SSSR count). The van der Waals surface area contributed by atoms with Crippen LogP contribution in [0.2, 0.25) is 0 Å². The standard InChI is InChI=1S/C27H25N5OS/c1-4-20-12-8-9-13-23(20)31-17(2)14-21(18(31)3)16-22-25(28)32-27(29-26(22)33)34-24(30-32)15-19-10-6-5-7-11-19/h5-14,16,28H,4,15H2,1-3H3. The zero-order valence-corrected chi connectivity index (χ0v) is 20.2. The lowest BCUT2D eigenvalue weighted by atomic mass is 10.1. The molecule has 0 atom stereocenters. The second-order valence-electron chi connectivity index (χ2n) is 8.32. The molecule has 2 aliphatic rings. The number of rotatable bonds is 5. The van der Waals surface area contributed by atoms with Crippen molar-refractivity contribution in [3.63, 3.8) is 0 Å². The Hall–Kier alpha value is -3.71. The molecule has 0 saturated heterocycles. The summed E-state index contributed by atoms with van der Waals surface area (Å²) in [6.45, 7) is 6.25. The number of amidine groups is 2. The molecular formula is C27H25N5OS. The van der Waals surface area contributed by atoms with Crippen molar-refractivity contribution in [3.05, 3.63) is 94.3 Å². The lowest BCUT2D eigenvalue weighted by Crippen LogP contribution is -2.35. The van der Waals surface area contributed by atoms with E-state index in [0.29, 0.717) is 11.6 Å². The third-order valence-corrected chi connectivity index (χ3v) is 6.99. The molecule has 0 saturated carbocycles. The lowest BCUT2D eigenvalue weighted by Gasteiger charge is -2.20. The maximum Gasteiger partial charge on any atom is 0.283 e. The molecule has 2 aliphatic heterocycles. The highest BCUT2D eigenvalue weighted by Crippen LogP contribution is 2.31. The van der Waals surface area contributed by atoms with Gasteiger partial charge in [0.1, 0.15) is 5.04 Å². The van der Waals surface area contributed by atoms with Gasteiger partial charge >= 0.3 is 0 Å². The first kappa shape index (κ1) is 22.1. The molecule has 0 unspecified atom stereocenters. The van der Waals surface area contributed by atoms with Gasteiger partial charge in [-0.25, -0.2) is 0 Å². The van der Waals surface area contributed by atoms with Crippen molar-refractivity contribution in [2.24, 2.45) is 10.1 Å². The minimum Gasteiger partial charge on any atom is -0.318 e. The fourth-order valence-electron chi connectivity index (χ4n) is 4.36. The summed E-state index contributed by atoms with van der Waals surface area (Å²) in [6, 6.07) is 20.4. The van der Waals surface area contributed by atoms with Crippen LogP contribution in [0.4, 0.5) is 0 Å². The molecule has 0 radical (unpaired) electrons. The number of aliphatic imine (C=N–C) groups is 1. The zero-order chi connectivity index (χ0) is 23.8. The number of hydrazone groups is 1. The number of carbonyl (C=O) groups excluding carboxylic acids is 1. The van der Waals surface area contributed by atoms with Gasteiger partial charge in [-0.1, -0.05) is 55.5 Å². The highest BCUT2D eigenvalue weighted by Gasteiger charge is 2.35. The van der Waals surface area contributed by atoms with Crippen LogP contribution in [0.25, 0.3) is 11.8 Å². The van der Waals surface area contributed by atoms with Crippen LogP contribution < -0.4 is 0 Å². The minimum atomic E-state index is -0.404. The number of fused-ring (bicyclic) bond motifs is 1. The Morgan fingerprint density at radius 1 is 1.06 bits per heavy atom. The van der Waals surface area contributed by atoms with E-state index in [1.165, 1.54) is 22.3 Å². The molecule has 7 heteroatoms. The van der Waals surface area contributed by atoms with Crippen molar-refractivity contribution < 1.29 is 4.79 Å². The highest BCUT2D eigenvalue weighted by molar-refractivity contribution is 8.26. The Bertz CT molecular complexity index is 1400. The Morgan fingerprint density at radius 3 is 2.56 bits per heavy atom. The predicted octanol–water partition coefficient (Wildman–Crippen LogP) is 5.52. The van der Waals surface area contributed by atoms with Gasteiger partial charge in [-0.2, -0.15) is 15.1 Å². The number of thioether (sulfide) groups is 1. The normalized spacial score (nSPS) is 16.7. The molecule has 6 nitrogen and oxygen atoms in total. The van der Waals surface area contributed by atoms with Gasteiger partial charge in [-0.3, -0.25) is 10.2 Å². The van der Waals surface area contributed by atoms with Gasteiger partial charge in [-0.05, 0) is 66.9 Å². The summed E-state index contributed by atoms with van der Waals surface area (Å²) in [6.07, 6.45) is 3.34. The molecule has 3 heterocycles. The van der Waals surface area contributed by atoms with E-state index in [-0.39, 0.29) is 11.4 Å². The van der Waals surface area contributed by atoms with Gasteiger partial charge in [0, 0.05) is 23.5 Å². The second-order valence-corrected chi connectivity index (χ2v) is 9.36. The first-order chi connectivity index (χ1) is 16.5. The largest absolute Gasteiger partial charge is 0.318 e. The van der Waals surface area contributed by atoms with Gasteiger partial charge in [0.05, 0.1) is 5.57 Å². The van der Waals surface area contributed by atoms with Crippen LogP contribution in [0.3, 0.4) is 0 Å². The van der Waals surface area contributed by atoms with Crippen LogP contribution in [0.5, 0.6) is 0 Å². The van der Waals surface area contributed by atoms with E-state index in [0.717, 1.165) is 39.7 Å². The molecule has 1 N–H and O–H groups in total. The number of hydrogen-bond donors (Lipinski definition) is 1. The fraction of sp³-hybridized carbons (Fsp3) is 0.185. The molecule has 0 bridgehead atoms. The molecule has 0 aliphatic carbocycles. The first-order valence-corrected chi connectivity index (χ1v) is 12.1. The van der Waals surface area contributed by atoms with Crippen LogP contribution in [0.1, 0.15) is 35.0 Å². The first-order valence-electron chi connectivity index (χ1n) is 11.3. The summed E-state index contributed by atoms with van der Waals surface area (Å²) >= 11 is 1.35. The summed E-state index contributed by atoms with van der Waals surface area (Å²) in [5.74, 6) is -0.344. The van der Waals surface area contributed by atoms with Crippen LogP contribution in [-0.4, -0.2) is 31.5 Å². The van der Waals surface area contributed by atoms with E-state index in [1.54, 1.807) is 6.08 Å². The fourth-order valence-corrected chi connectivity index (χ4v) is 5.28. The molecule has 1 aromatic heterocycles. The van der Waals surface area contributed by atoms with E-state index >= 15 is 0 Å². The molecular weight excluding hydrogens is 442 g/mol. The summed E-state index contributed by atoms with van der Waals surface area (Å²) < 4.78 is 2.21. The Labute approximate surface area is 203 Å². The summed E-state index contributed by atoms with van der Waals surface area (Å²) in [5, 5.41) is 16.0. The Kier molecular flexibility index (Phi) is 5.79. The summed E-state index contributed by atoms with van der Waals surface area (Å²) in [5.41, 5.74) is 6.76. The molecule has 0 spiro atoms. The number of benzene rings is 2. The zero-order valence-electron chi connectivity index (χ0n) is 19.4. The molecule has 34 heavy (non-hydrogen) atoms. The van der Waals surface area contributed by atoms with Gasteiger partial charge in [0.25, 0.3) is 5.91 Å². The van der Waals surface area contributed by atoms with Crippen molar-refractivity contribution >= 4 is 39.8 Å². The monoisotopic (exact) mass is 467 g/mol. The molecule has 170 valence electrons. The van der Waals surface area contributed by atoms with Gasteiger partial charge in [0.2, 0.25) is 5.17 Å². The second kappa shape index (κ2) is 8.91. The number of aryl methyl sites for hydroxylation is 2. The van der Waals surface area contributed by atoms with E-state index in [2.05, 4.69) is 52.8 Å².